The second-order valence-corrected chi connectivity index (χ2v) is 12.3. The fourth-order valence-electron chi connectivity index (χ4n) is 4.73. The lowest BCUT2D eigenvalue weighted by Crippen LogP contribution is -2.32. The predicted octanol–water partition coefficient (Wildman–Crippen LogP) is 5.99. The highest BCUT2D eigenvalue weighted by atomic mass is 16.6. The number of rotatable bonds is 8. The molecule has 0 aromatic heterocycles. The van der Waals surface area contributed by atoms with E-state index in [4.69, 9.17) is 9.47 Å². The summed E-state index contributed by atoms with van der Waals surface area (Å²) in [6.45, 7) is 19.3. The zero-order valence-electron chi connectivity index (χ0n) is 24.0. The Morgan fingerprint density at radius 2 is 1.45 bits per heavy atom. The Labute approximate surface area is 228 Å². The standard InChI is InChI=1S/C32H44N2O4/c1-21(2)29(35)37-18-17-33-30(36)38-26-19-27(34-20-26)28(22-9-13-24(14-10-22)31(3,4)5)23-11-15-25(16-12-23)32(6,7)8/h9-16,26-28,34H,1,17-20H2,2-8H3,(H,33,36)/t26-,27?/m1/s1. The Bertz CT molecular complexity index is 1050. The number of benzene rings is 2. The van der Waals surface area contributed by atoms with Crippen molar-refractivity contribution < 1.29 is 19.1 Å². The molecule has 1 amide bonds. The first-order valence-electron chi connectivity index (χ1n) is 13.5. The number of alkyl carbamates (subject to hydrolysis) is 1. The van der Waals surface area contributed by atoms with Gasteiger partial charge in [0, 0.05) is 30.5 Å². The van der Waals surface area contributed by atoms with Crippen molar-refractivity contribution in [3.05, 3.63) is 82.9 Å². The summed E-state index contributed by atoms with van der Waals surface area (Å²) in [6.07, 6.45) is -0.0577. The van der Waals surface area contributed by atoms with Gasteiger partial charge in [-0.2, -0.15) is 0 Å². The van der Waals surface area contributed by atoms with E-state index in [0.717, 1.165) is 0 Å². The van der Waals surface area contributed by atoms with Gasteiger partial charge in [-0.25, -0.2) is 9.59 Å². The predicted molar refractivity (Wildman–Crippen MR) is 153 cm³/mol. The van der Waals surface area contributed by atoms with Crippen molar-refractivity contribution in [2.75, 3.05) is 19.7 Å². The van der Waals surface area contributed by atoms with Gasteiger partial charge in [0.1, 0.15) is 12.7 Å². The summed E-state index contributed by atoms with van der Waals surface area (Å²) in [7, 11) is 0. The van der Waals surface area contributed by atoms with Gasteiger partial charge in [0.25, 0.3) is 0 Å². The van der Waals surface area contributed by atoms with Gasteiger partial charge in [-0.15, -0.1) is 0 Å². The molecule has 1 aliphatic heterocycles. The molecule has 206 valence electrons. The summed E-state index contributed by atoms with van der Waals surface area (Å²) in [4.78, 5) is 23.8. The van der Waals surface area contributed by atoms with E-state index in [1.54, 1.807) is 6.92 Å². The lowest BCUT2D eigenvalue weighted by molar-refractivity contribution is -0.138. The van der Waals surface area contributed by atoms with Gasteiger partial charge in [0.05, 0.1) is 6.54 Å². The summed E-state index contributed by atoms with van der Waals surface area (Å²) in [5, 5.41) is 6.27. The number of ether oxygens (including phenoxy) is 2. The maximum Gasteiger partial charge on any atom is 0.407 e. The van der Waals surface area contributed by atoms with E-state index >= 15 is 0 Å². The highest BCUT2D eigenvalue weighted by molar-refractivity contribution is 5.86. The molecule has 2 aromatic rings. The molecule has 0 aliphatic carbocycles. The monoisotopic (exact) mass is 520 g/mol. The van der Waals surface area contributed by atoms with E-state index in [1.807, 2.05) is 0 Å². The Kier molecular flexibility index (Phi) is 9.42. The van der Waals surface area contributed by atoms with E-state index in [0.29, 0.717) is 18.5 Å². The molecule has 3 rings (SSSR count). The third-order valence-electron chi connectivity index (χ3n) is 7.03. The fraction of sp³-hybridized carbons (Fsp3) is 0.500. The average Bonchev–Trinajstić information content (AvgIpc) is 3.29. The zero-order valence-corrected chi connectivity index (χ0v) is 24.0. The van der Waals surface area contributed by atoms with Crippen LogP contribution in [-0.2, 0) is 25.1 Å². The molecule has 6 heteroatoms. The summed E-state index contributed by atoms with van der Waals surface area (Å²) < 4.78 is 10.7. The highest BCUT2D eigenvalue weighted by Crippen LogP contribution is 2.35. The number of hydrogen-bond donors (Lipinski definition) is 2. The Morgan fingerprint density at radius 3 is 1.89 bits per heavy atom. The van der Waals surface area contributed by atoms with Crippen molar-refractivity contribution in [2.24, 2.45) is 0 Å². The van der Waals surface area contributed by atoms with Gasteiger partial charge in [-0.1, -0.05) is 96.7 Å². The first-order valence-corrected chi connectivity index (χ1v) is 13.5. The summed E-state index contributed by atoms with van der Waals surface area (Å²) in [5.41, 5.74) is 5.58. The van der Waals surface area contributed by atoms with Crippen LogP contribution in [0.1, 0.15) is 83.1 Å². The van der Waals surface area contributed by atoms with E-state index in [9.17, 15) is 9.59 Å². The summed E-state index contributed by atoms with van der Waals surface area (Å²) in [5.74, 6) is -0.351. The molecule has 0 radical (unpaired) electrons. The number of nitrogens with one attached hydrogen (secondary N) is 2. The van der Waals surface area contributed by atoms with Gasteiger partial charge < -0.3 is 20.1 Å². The molecule has 2 atom stereocenters. The van der Waals surface area contributed by atoms with Crippen LogP contribution >= 0.6 is 0 Å². The molecule has 1 saturated heterocycles. The largest absolute Gasteiger partial charge is 0.460 e. The fourth-order valence-corrected chi connectivity index (χ4v) is 4.73. The third-order valence-corrected chi connectivity index (χ3v) is 7.03. The molecule has 1 fully saturated rings. The SMILES string of the molecule is C=C(C)C(=O)OCCNC(=O)O[C@H]1CNC(C(c2ccc(C(C)(C)C)cc2)c2ccc(C(C)(C)C)cc2)C1. The molecule has 6 nitrogen and oxygen atoms in total. The van der Waals surface area contributed by atoms with Crippen LogP contribution < -0.4 is 10.6 Å². The van der Waals surface area contributed by atoms with Crippen LogP contribution in [0.4, 0.5) is 4.79 Å². The van der Waals surface area contributed by atoms with Crippen LogP contribution in [0.3, 0.4) is 0 Å². The lowest BCUT2D eigenvalue weighted by atomic mass is 9.80. The van der Waals surface area contributed by atoms with Crippen molar-refractivity contribution in [2.45, 2.75) is 83.8 Å². The van der Waals surface area contributed by atoms with E-state index in [2.05, 4.69) is 107 Å². The number of carbonyl (C=O) groups excluding carboxylic acids is 2. The zero-order chi connectivity index (χ0) is 28.1. The number of carbonyl (C=O) groups is 2. The minimum atomic E-state index is -0.510. The van der Waals surface area contributed by atoms with Crippen LogP contribution in [0.15, 0.2) is 60.7 Å². The van der Waals surface area contributed by atoms with Crippen LogP contribution in [0.2, 0.25) is 0 Å². The Morgan fingerprint density at radius 1 is 0.947 bits per heavy atom. The third kappa shape index (κ3) is 7.94. The highest BCUT2D eigenvalue weighted by Gasteiger charge is 2.34. The van der Waals surface area contributed by atoms with E-state index in [-0.39, 0.29) is 42.0 Å². The number of hydrogen-bond acceptors (Lipinski definition) is 5. The summed E-state index contributed by atoms with van der Waals surface area (Å²) >= 11 is 0. The van der Waals surface area contributed by atoms with Gasteiger partial charge >= 0.3 is 12.1 Å². The normalized spacial score (nSPS) is 17.8. The summed E-state index contributed by atoms with van der Waals surface area (Å²) in [6, 6.07) is 18.0. The van der Waals surface area contributed by atoms with Crippen LogP contribution in [0, 0.1) is 0 Å². The van der Waals surface area contributed by atoms with Crippen molar-refractivity contribution in [1.82, 2.24) is 10.6 Å². The number of esters is 1. The van der Waals surface area contributed by atoms with Crippen LogP contribution in [0.5, 0.6) is 0 Å². The molecular weight excluding hydrogens is 476 g/mol. The Balaban J connectivity index is 1.71. The second-order valence-electron chi connectivity index (χ2n) is 12.3. The van der Waals surface area contributed by atoms with Gasteiger partial charge in [-0.05, 0) is 40.0 Å². The van der Waals surface area contributed by atoms with Gasteiger partial charge in [-0.3, -0.25) is 0 Å². The van der Waals surface area contributed by atoms with Crippen LogP contribution in [0.25, 0.3) is 0 Å². The average molecular weight is 521 g/mol. The molecule has 0 saturated carbocycles. The van der Waals surface area contributed by atoms with Gasteiger partial charge in [0.2, 0.25) is 0 Å². The molecule has 2 aromatic carbocycles. The second kappa shape index (κ2) is 12.2. The van der Waals surface area contributed by atoms with E-state index < -0.39 is 12.1 Å². The van der Waals surface area contributed by atoms with Crippen molar-refractivity contribution >= 4 is 12.1 Å². The molecule has 1 unspecified atom stereocenters. The van der Waals surface area contributed by atoms with Gasteiger partial charge in [0.15, 0.2) is 0 Å². The smallest absolute Gasteiger partial charge is 0.407 e. The van der Waals surface area contributed by atoms with Crippen molar-refractivity contribution in [3.63, 3.8) is 0 Å². The van der Waals surface area contributed by atoms with Crippen LogP contribution in [-0.4, -0.2) is 43.9 Å². The van der Waals surface area contributed by atoms with Crippen molar-refractivity contribution in [1.29, 1.82) is 0 Å². The molecular formula is C32H44N2O4. The first-order chi connectivity index (χ1) is 17.8. The first kappa shape index (κ1) is 29.4. The Hall–Kier alpha value is -3.12. The minimum absolute atomic E-state index is 0.0729. The lowest BCUT2D eigenvalue weighted by Gasteiger charge is -2.27. The quantitative estimate of drug-likeness (QED) is 0.254. The molecule has 2 N–H and O–H groups in total. The number of amides is 1. The molecule has 1 aliphatic rings. The molecule has 1 heterocycles. The van der Waals surface area contributed by atoms with Crippen molar-refractivity contribution in [3.8, 4) is 0 Å². The molecule has 0 spiro atoms. The van der Waals surface area contributed by atoms with E-state index in [1.165, 1.54) is 22.3 Å². The maximum atomic E-state index is 12.3. The minimum Gasteiger partial charge on any atom is -0.460 e. The maximum absolute atomic E-state index is 12.3. The molecule has 0 bridgehead atoms. The molecule has 38 heavy (non-hydrogen) atoms. The topological polar surface area (TPSA) is 76.7 Å².